The Morgan fingerprint density at radius 2 is 2.05 bits per heavy atom. The zero-order valence-electron chi connectivity index (χ0n) is 14.0. The third kappa shape index (κ3) is 7.42. The summed E-state index contributed by atoms with van der Waals surface area (Å²) in [5, 5.41) is 5.87. The molecule has 22 heavy (non-hydrogen) atoms. The van der Waals surface area contributed by atoms with Gasteiger partial charge in [-0.1, -0.05) is 6.92 Å². The van der Waals surface area contributed by atoms with Gasteiger partial charge in [-0.15, -0.1) is 12.4 Å². The van der Waals surface area contributed by atoms with E-state index in [-0.39, 0.29) is 35.7 Å². The van der Waals surface area contributed by atoms with Gasteiger partial charge in [0, 0.05) is 25.2 Å². The molecular weight excluding hydrogens is 304 g/mol. The number of hydrogen-bond donors (Lipinski definition) is 3. The predicted octanol–water partition coefficient (Wildman–Crippen LogP) is 0.500. The number of carbonyl (C=O) groups excluding carboxylic acids is 2. The van der Waals surface area contributed by atoms with Crippen LogP contribution < -0.4 is 16.4 Å². The van der Waals surface area contributed by atoms with E-state index >= 15 is 0 Å². The summed E-state index contributed by atoms with van der Waals surface area (Å²) in [6.45, 7) is 8.95. The van der Waals surface area contributed by atoms with Gasteiger partial charge in [-0.2, -0.15) is 0 Å². The Balaban J connectivity index is 0.00000441. The highest BCUT2D eigenvalue weighted by atomic mass is 35.5. The van der Waals surface area contributed by atoms with Gasteiger partial charge in [0.15, 0.2) is 0 Å². The number of hydrogen-bond acceptors (Lipinski definition) is 4. The first-order valence-corrected chi connectivity index (χ1v) is 7.89. The summed E-state index contributed by atoms with van der Waals surface area (Å²) in [5.41, 5.74) is 5.22. The topological polar surface area (TPSA) is 87.5 Å². The van der Waals surface area contributed by atoms with Crippen LogP contribution in [0.5, 0.6) is 0 Å². The average molecular weight is 335 g/mol. The van der Waals surface area contributed by atoms with Crippen LogP contribution in [0.25, 0.3) is 0 Å². The van der Waals surface area contributed by atoms with E-state index in [4.69, 9.17) is 5.73 Å². The van der Waals surface area contributed by atoms with Crippen molar-refractivity contribution in [1.82, 2.24) is 15.5 Å². The van der Waals surface area contributed by atoms with Gasteiger partial charge < -0.3 is 16.4 Å². The molecule has 0 aliphatic carbocycles. The van der Waals surface area contributed by atoms with E-state index in [1.807, 2.05) is 13.8 Å². The molecule has 7 heteroatoms. The SMILES string of the molecule is CCC(C)(C)NC(=O)CN1CCCC(C(=O)NCCN)C1.Cl. The number of piperidine rings is 1. The Hall–Kier alpha value is -0.850. The minimum atomic E-state index is -0.176. The van der Waals surface area contributed by atoms with Crippen LogP contribution in [0.3, 0.4) is 0 Å². The number of nitrogens with one attached hydrogen (secondary N) is 2. The number of carbonyl (C=O) groups is 2. The summed E-state index contributed by atoms with van der Waals surface area (Å²) in [6.07, 6.45) is 2.73. The zero-order valence-corrected chi connectivity index (χ0v) is 14.8. The summed E-state index contributed by atoms with van der Waals surface area (Å²) in [7, 11) is 0. The van der Waals surface area contributed by atoms with Crippen molar-refractivity contribution in [3.63, 3.8) is 0 Å². The Labute approximate surface area is 140 Å². The van der Waals surface area contributed by atoms with E-state index in [1.165, 1.54) is 0 Å². The molecule has 1 aliphatic rings. The predicted molar refractivity (Wildman–Crippen MR) is 91.0 cm³/mol. The lowest BCUT2D eigenvalue weighted by Crippen LogP contribution is -2.50. The highest BCUT2D eigenvalue weighted by Crippen LogP contribution is 2.16. The molecule has 130 valence electrons. The first kappa shape index (κ1) is 21.1. The molecule has 1 fully saturated rings. The lowest BCUT2D eigenvalue weighted by atomic mass is 9.97. The molecule has 1 rings (SSSR count). The van der Waals surface area contributed by atoms with Crippen LogP contribution in [0, 0.1) is 5.92 Å². The van der Waals surface area contributed by atoms with Gasteiger partial charge in [0.1, 0.15) is 0 Å². The maximum atomic E-state index is 12.1. The van der Waals surface area contributed by atoms with Crippen LogP contribution >= 0.6 is 12.4 Å². The molecule has 1 unspecified atom stereocenters. The van der Waals surface area contributed by atoms with Crippen molar-refractivity contribution in [1.29, 1.82) is 0 Å². The zero-order chi connectivity index (χ0) is 15.9. The van der Waals surface area contributed by atoms with Gasteiger partial charge >= 0.3 is 0 Å². The summed E-state index contributed by atoms with van der Waals surface area (Å²) in [4.78, 5) is 26.1. The minimum Gasteiger partial charge on any atom is -0.355 e. The van der Waals surface area contributed by atoms with Crippen molar-refractivity contribution in [3.05, 3.63) is 0 Å². The number of nitrogens with zero attached hydrogens (tertiary/aromatic N) is 1. The molecule has 1 atom stereocenters. The number of nitrogens with two attached hydrogens (primary N) is 1. The molecule has 1 aliphatic heterocycles. The maximum Gasteiger partial charge on any atom is 0.234 e. The van der Waals surface area contributed by atoms with Crippen molar-refractivity contribution < 1.29 is 9.59 Å². The Bertz CT molecular complexity index is 363. The molecule has 1 heterocycles. The van der Waals surface area contributed by atoms with Gasteiger partial charge in [-0.25, -0.2) is 0 Å². The third-order valence-corrected chi connectivity index (χ3v) is 4.05. The molecule has 0 saturated carbocycles. The summed E-state index contributed by atoms with van der Waals surface area (Å²) >= 11 is 0. The fourth-order valence-corrected chi connectivity index (χ4v) is 2.46. The van der Waals surface area contributed by atoms with Crippen LogP contribution in [0.4, 0.5) is 0 Å². The van der Waals surface area contributed by atoms with Crippen molar-refractivity contribution >= 4 is 24.2 Å². The van der Waals surface area contributed by atoms with Gasteiger partial charge in [0.25, 0.3) is 0 Å². The largest absolute Gasteiger partial charge is 0.355 e. The molecule has 0 radical (unpaired) electrons. The van der Waals surface area contributed by atoms with Crippen molar-refractivity contribution in [3.8, 4) is 0 Å². The van der Waals surface area contributed by atoms with Crippen molar-refractivity contribution in [2.75, 3.05) is 32.7 Å². The van der Waals surface area contributed by atoms with Crippen LogP contribution in [0.15, 0.2) is 0 Å². The second kappa shape index (κ2) is 10.0. The lowest BCUT2D eigenvalue weighted by molar-refractivity contribution is -0.129. The van der Waals surface area contributed by atoms with Crippen molar-refractivity contribution in [2.45, 2.75) is 45.6 Å². The standard InChI is InChI=1S/C15H30N4O2.ClH/c1-4-15(2,3)18-13(20)11-19-9-5-6-12(10-19)14(21)17-8-7-16;/h12H,4-11,16H2,1-3H3,(H,17,21)(H,18,20);1H. The van der Waals surface area contributed by atoms with Crippen LogP contribution in [0.1, 0.15) is 40.0 Å². The molecule has 6 nitrogen and oxygen atoms in total. The van der Waals surface area contributed by atoms with Crippen LogP contribution in [-0.2, 0) is 9.59 Å². The quantitative estimate of drug-likeness (QED) is 0.632. The van der Waals surface area contributed by atoms with E-state index in [2.05, 4.69) is 22.5 Å². The van der Waals surface area contributed by atoms with E-state index in [0.717, 1.165) is 25.8 Å². The Morgan fingerprint density at radius 3 is 2.64 bits per heavy atom. The van der Waals surface area contributed by atoms with E-state index in [1.54, 1.807) is 0 Å². The number of halogens is 1. The molecule has 0 bridgehead atoms. The summed E-state index contributed by atoms with van der Waals surface area (Å²) in [5.74, 6) is 0.0570. The van der Waals surface area contributed by atoms with Crippen molar-refractivity contribution in [2.24, 2.45) is 11.7 Å². The molecule has 0 aromatic heterocycles. The first-order chi connectivity index (χ1) is 9.88. The molecule has 2 amide bonds. The first-order valence-electron chi connectivity index (χ1n) is 7.89. The monoisotopic (exact) mass is 334 g/mol. The number of rotatable bonds is 7. The third-order valence-electron chi connectivity index (χ3n) is 4.05. The Kier molecular flexibility index (Phi) is 9.64. The average Bonchev–Trinajstić information content (AvgIpc) is 2.44. The molecule has 0 aromatic carbocycles. The van der Waals surface area contributed by atoms with Gasteiger partial charge in [0.05, 0.1) is 12.5 Å². The second-order valence-electron chi connectivity index (χ2n) is 6.44. The maximum absolute atomic E-state index is 12.1. The van der Waals surface area contributed by atoms with E-state index in [9.17, 15) is 9.59 Å². The fraction of sp³-hybridized carbons (Fsp3) is 0.867. The van der Waals surface area contributed by atoms with Gasteiger partial charge in [-0.3, -0.25) is 14.5 Å². The summed E-state index contributed by atoms with van der Waals surface area (Å²) in [6, 6.07) is 0. The Morgan fingerprint density at radius 1 is 1.36 bits per heavy atom. The fourth-order valence-electron chi connectivity index (χ4n) is 2.46. The molecular formula is C15H31ClN4O2. The lowest BCUT2D eigenvalue weighted by Gasteiger charge is -2.33. The van der Waals surface area contributed by atoms with Gasteiger partial charge in [-0.05, 0) is 39.7 Å². The minimum absolute atomic E-state index is 0. The van der Waals surface area contributed by atoms with Gasteiger partial charge in [0.2, 0.25) is 11.8 Å². The number of likely N-dealkylation sites (tertiary alicyclic amines) is 1. The highest BCUT2D eigenvalue weighted by Gasteiger charge is 2.27. The smallest absolute Gasteiger partial charge is 0.234 e. The molecule has 0 spiro atoms. The van der Waals surface area contributed by atoms with E-state index < -0.39 is 0 Å². The molecule has 4 N–H and O–H groups in total. The second-order valence-corrected chi connectivity index (χ2v) is 6.44. The molecule has 0 aromatic rings. The number of amides is 2. The van der Waals surface area contributed by atoms with Crippen LogP contribution in [-0.4, -0.2) is 55.0 Å². The van der Waals surface area contributed by atoms with Crippen LogP contribution in [0.2, 0.25) is 0 Å². The molecule has 1 saturated heterocycles. The normalized spacial score (nSPS) is 19.2. The highest BCUT2D eigenvalue weighted by molar-refractivity contribution is 5.85. The van der Waals surface area contributed by atoms with E-state index in [0.29, 0.717) is 26.2 Å². The summed E-state index contributed by atoms with van der Waals surface area (Å²) < 4.78 is 0.